The fourth-order valence-corrected chi connectivity index (χ4v) is 4.93. The summed E-state index contributed by atoms with van der Waals surface area (Å²) in [6, 6.07) is 9.51. The first-order chi connectivity index (χ1) is 17.7. The minimum atomic E-state index is -1.39. The summed E-state index contributed by atoms with van der Waals surface area (Å²) in [5.41, 5.74) is 1.28. The summed E-state index contributed by atoms with van der Waals surface area (Å²) in [6.07, 6.45) is 0.0213. The number of rotatable bonds is 6. The Kier molecular flexibility index (Phi) is 6.88. The predicted molar refractivity (Wildman–Crippen MR) is 139 cm³/mol. The van der Waals surface area contributed by atoms with Gasteiger partial charge in [-0.1, -0.05) is 0 Å². The second-order valence-corrected chi connectivity index (χ2v) is 9.46. The van der Waals surface area contributed by atoms with E-state index in [4.69, 9.17) is 4.74 Å². The summed E-state index contributed by atoms with van der Waals surface area (Å²) in [5.74, 6) is -1.14. The summed E-state index contributed by atoms with van der Waals surface area (Å²) < 4.78 is 20.9. The number of ether oxygens (including phenoxy) is 1. The highest BCUT2D eigenvalue weighted by atomic mass is 32.1. The lowest BCUT2D eigenvalue weighted by Gasteiger charge is -2.38. The maximum absolute atomic E-state index is 15.2. The Bertz CT molecular complexity index is 1250. The number of carbonyl (C=O) groups is 1. The smallest absolute Gasteiger partial charge is 0.336 e. The summed E-state index contributed by atoms with van der Waals surface area (Å²) in [7, 11) is 0. The second kappa shape index (κ2) is 10.1. The predicted octanol–water partition coefficient (Wildman–Crippen LogP) is 2.36. The number of phenolic OH excluding ortho intramolecular Hbond substituents is 1. The highest BCUT2D eigenvalue weighted by Gasteiger charge is 2.33. The fraction of sp³-hybridized carbons (Fsp3) is 0.360. The number of aliphatic hydroxyl groups excluding tert-OH is 1. The van der Waals surface area contributed by atoms with E-state index >= 15 is 4.39 Å². The minimum absolute atomic E-state index is 0.162. The maximum atomic E-state index is 15.2. The van der Waals surface area contributed by atoms with Gasteiger partial charge >= 0.3 is 5.97 Å². The van der Waals surface area contributed by atoms with Crippen LogP contribution in [0.4, 0.5) is 15.8 Å². The first-order valence-corrected chi connectivity index (χ1v) is 12.5. The SMILES string of the molecule is CCN1C=C(C(=O)O)C(O)c2cc(F)c(N3CCN(CN4N=C(c5ccc(O)cc5)OC4S)CC3)cc21. The number of hydrazone groups is 1. The number of nitrogens with zero attached hydrogens (tertiary/aromatic N) is 5. The Labute approximate surface area is 218 Å². The molecule has 3 aliphatic heterocycles. The molecule has 3 N–H and O–H groups in total. The zero-order valence-corrected chi connectivity index (χ0v) is 21.1. The van der Waals surface area contributed by atoms with E-state index in [1.165, 1.54) is 12.3 Å². The standard InChI is InChI=1S/C25H28FN5O5S/c1-2-29-13-18(24(34)35)22(33)17-11-19(26)21(12-20(17)29)30-9-7-28(8-10-30)14-31-25(37)36-23(27-31)15-3-5-16(32)6-4-15/h3-6,11-13,22,25,32-33,37H,2,7-10,14H2,1H3,(H,34,35). The number of benzene rings is 2. The van der Waals surface area contributed by atoms with E-state index in [1.807, 2.05) is 11.8 Å². The van der Waals surface area contributed by atoms with Crippen LogP contribution in [-0.4, -0.2) is 82.0 Å². The first-order valence-electron chi connectivity index (χ1n) is 11.9. The Morgan fingerprint density at radius 1 is 1.16 bits per heavy atom. The summed E-state index contributed by atoms with van der Waals surface area (Å²) in [4.78, 5) is 17.4. The molecule has 0 spiro atoms. The lowest BCUT2D eigenvalue weighted by molar-refractivity contribution is -0.133. The molecule has 2 atom stereocenters. The average molecular weight is 530 g/mol. The zero-order chi connectivity index (χ0) is 26.3. The molecule has 12 heteroatoms. The first kappa shape index (κ1) is 25.2. The number of fused-ring (bicyclic) bond motifs is 1. The van der Waals surface area contributed by atoms with Crippen molar-refractivity contribution in [2.24, 2.45) is 5.10 Å². The van der Waals surface area contributed by atoms with Gasteiger partial charge < -0.3 is 29.9 Å². The monoisotopic (exact) mass is 529 g/mol. The van der Waals surface area contributed by atoms with Crippen LogP contribution in [0.25, 0.3) is 0 Å². The molecular formula is C25H28FN5O5S. The Morgan fingerprint density at radius 3 is 2.51 bits per heavy atom. The molecule has 0 aromatic heterocycles. The van der Waals surface area contributed by atoms with Gasteiger partial charge in [0, 0.05) is 55.7 Å². The molecule has 2 unspecified atom stereocenters. The van der Waals surface area contributed by atoms with Crippen LogP contribution in [-0.2, 0) is 9.53 Å². The van der Waals surface area contributed by atoms with Crippen molar-refractivity contribution >= 4 is 35.9 Å². The van der Waals surface area contributed by atoms with Crippen LogP contribution in [0, 0.1) is 5.82 Å². The molecule has 5 rings (SSSR count). The molecule has 0 amide bonds. The van der Waals surface area contributed by atoms with Crippen molar-refractivity contribution in [3.05, 3.63) is 65.1 Å². The van der Waals surface area contributed by atoms with Gasteiger partial charge in [-0.2, -0.15) is 0 Å². The maximum Gasteiger partial charge on any atom is 0.336 e. The largest absolute Gasteiger partial charge is 0.508 e. The van der Waals surface area contributed by atoms with E-state index in [-0.39, 0.29) is 16.9 Å². The average Bonchev–Trinajstić information content (AvgIpc) is 3.25. The number of aliphatic carboxylic acids is 1. The second-order valence-electron chi connectivity index (χ2n) is 9.02. The number of piperazine rings is 1. The molecule has 2 aromatic carbocycles. The van der Waals surface area contributed by atoms with Gasteiger partial charge in [0.15, 0.2) is 0 Å². The highest BCUT2D eigenvalue weighted by Crippen LogP contribution is 2.40. The van der Waals surface area contributed by atoms with Gasteiger partial charge in [0.1, 0.15) is 17.7 Å². The van der Waals surface area contributed by atoms with Gasteiger partial charge in [-0.15, -0.1) is 17.7 Å². The molecule has 37 heavy (non-hydrogen) atoms. The molecule has 0 aliphatic carbocycles. The molecule has 2 aromatic rings. The molecule has 196 valence electrons. The molecule has 10 nitrogen and oxygen atoms in total. The van der Waals surface area contributed by atoms with E-state index in [0.29, 0.717) is 56.7 Å². The van der Waals surface area contributed by atoms with Crippen molar-refractivity contribution in [2.45, 2.75) is 18.6 Å². The van der Waals surface area contributed by atoms with Crippen LogP contribution >= 0.6 is 12.6 Å². The molecular weight excluding hydrogens is 501 g/mol. The molecule has 0 radical (unpaired) electrons. The molecule has 0 bridgehead atoms. The lowest BCUT2D eigenvalue weighted by Crippen LogP contribution is -2.50. The van der Waals surface area contributed by atoms with E-state index in [9.17, 15) is 20.1 Å². The number of carboxylic acid groups (broad SMARTS) is 1. The van der Waals surface area contributed by atoms with Crippen molar-refractivity contribution in [1.29, 1.82) is 0 Å². The van der Waals surface area contributed by atoms with Gasteiger partial charge in [0.05, 0.1) is 17.9 Å². The van der Waals surface area contributed by atoms with Crippen LogP contribution in [0.1, 0.15) is 24.2 Å². The number of carboxylic acids is 1. The molecule has 1 fully saturated rings. The van der Waals surface area contributed by atoms with Crippen LogP contribution in [0.5, 0.6) is 5.75 Å². The number of phenols is 1. The topological polar surface area (TPSA) is 112 Å². The van der Waals surface area contributed by atoms with E-state index in [2.05, 4.69) is 22.6 Å². The van der Waals surface area contributed by atoms with Crippen molar-refractivity contribution in [1.82, 2.24) is 9.91 Å². The molecule has 0 saturated carbocycles. The summed E-state index contributed by atoms with van der Waals surface area (Å²) in [5, 5.41) is 35.7. The summed E-state index contributed by atoms with van der Waals surface area (Å²) in [6.45, 7) is 5.27. The van der Waals surface area contributed by atoms with Gasteiger partial charge in [-0.05, 0) is 43.3 Å². The van der Waals surface area contributed by atoms with Gasteiger partial charge in [-0.25, -0.2) is 14.2 Å². The molecule has 3 aliphatic rings. The van der Waals surface area contributed by atoms with Crippen LogP contribution in [0.3, 0.4) is 0 Å². The number of aromatic hydroxyl groups is 1. The third kappa shape index (κ3) is 4.91. The minimum Gasteiger partial charge on any atom is -0.508 e. The van der Waals surface area contributed by atoms with E-state index < -0.39 is 23.5 Å². The van der Waals surface area contributed by atoms with Crippen molar-refractivity contribution < 1.29 is 29.2 Å². The van der Waals surface area contributed by atoms with Crippen molar-refractivity contribution in [3.8, 4) is 5.75 Å². The van der Waals surface area contributed by atoms with E-state index in [0.717, 1.165) is 5.56 Å². The number of aliphatic hydroxyl groups is 1. The van der Waals surface area contributed by atoms with Crippen LogP contribution in [0.15, 0.2) is 53.3 Å². The highest BCUT2D eigenvalue weighted by molar-refractivity contribution is 7.80. The van der Waals surface area contributed by atoms with Gasteiger partial charge in [0.2, 0.25) is 11.5 Å². The molecule has 3 heterocycles. The zero-order valence-electron chi connectivity index (χ0n) is 20.2. The van der Waals surface area contributed by atoms with Crippen LogP contribution < -0.4 is 9.80 Å². The Morgan fingerprint density at radius 2 is 1.86 bits per heavy atom. The quantitative estimate of drug-likeness (QED) is 0.419. The Balaban J connectivity index is 1.26. The van der Waals surface area contributed by atoms with Crippen molar-refractivity contribution in [2.75, 3.05) is 49.2 Å². The number of hydrogen-bond acceptors (Lipinski definition) is 10. The number of halogens is 1. The molecule has 1 saturated heterocycles. The normalized spacial score (nSPS) is 21.9. The third-order valence-electron chi connectivity index (χ3n) is 6.74. The van der Waals surface area contributed by atoms with Gasteiger partial charge in [0.25, 0.3) is 0 Å². The fourth-order valence-electron chi connectivity index (χ4n) is 4.70. The number of hydrogen-bond donors (Lipinski definition) is 4. The van der Waals surface area contributed by atoms with E-state index in [1.54, 1.807) is 40.2 Å². The van der Waals surface area contributed by atoms with Crippen LogP contribution in [0.2, 0.25) is 0 Å². The Hall–Kier alpha value is -3.48. The van der Waals surface area contributed by atoms with Crippen molar-refractivity contribution in [3.63, 3.8) is 0 Å². The van der Waals surface area contributed by atoms with Gasteiger partial charge in [-0.3, -0.25) is 4.90 Å². The number of thiol groups is 1. The summed E-state index contributed by atoms with van der Waals surface area (Å²) >= 11 is 4.48. The number of anilines is 2. The lowest BCUT2D eigenvalue weighted by atomic mass is 9.95. The third-order valence-corrected chi connectivity index (χ3v) is 7.11.